The average molecular weight is 328 g/mol. The molecule has 0 bridgehead atoms. The van der Waals surface area contributed by atoms with Gasteiger partial charge in [-0.1, -0.05) is 0 Å². The highest BCUT2D eigenvalue weighted by atomic mass is 35.7. The van der Waals surface area contributed by atoms with E-state index in [0.29, 0.717) is 12.1 Å². The molecule has 1 aromatic carbocycles. The molecule has 1 unspecified atom stereocenters. The number of methoxy groups -OCH3 is 1. The molecular weight excluding hydrogens is 316 g/mol. The minimum atomic E-state index is -4.50. The summed E-state index contributed by atoms with van der Waals surface area (Å²) in [5.41, 5.74) is -0.743. The van der Waals surface area contributed by atoms with Crippen LogP contribution in [0.5, 0.6) is 0 Å². The molecule has 0 aromatic heterocycles. The number of benzene rings is 1. The summed E-state index contributed by atoms with van der Waals surface area (Å²) in [5, 5.41) is 2.34. The minimum Gasteiger partial charge on any atom is -0.383 e. The lowest BCUT2D eigenvalue weighted by Crippen LogP contribution is -2.36. The zero-order valence-corrected chi connectivity index (χ0v) is 12.2. The van der Waals surface area contributed by atoms with Crippen molar-refractivity contribution >= 4 is 25.6 Å². The lowest BCUT2D eigenvalue weighted by atomic mass is 10.2. The summed E-state index contributed by atoms with van der Waals surface area (Å²) >= 11 is 0. The highest BCUT2D eigenvalue weighted by molar-refractivity contribution is 8.13. The third kappa shape index (κ3) is 4.12. The van der Waals surface area contributed by atoms with E-state index in [1.165, 1.54) is 7.11 Å². The Hall–Kier alpha value is -1.25. The standard InChI is InChI=1S/C11H12ClF2NO4S/c1-6(5-19-2)15-11(16)8-3-7(13)4-9(10(8)14)20(12,17)18/h3-4,6H,5H2,1-2H3,(H,15,16). The SMILES string of the molecule is COCC(C)NC(=O)c1cc(F)cc(S(=O)(=O)Cl)c1F. The molecule has 20 heavy (non-hydrogen) atoms. The third-order valence-corrected chi connectivity index (χ3v) is 3.63. The molecule has 0 aliphatic carbocycles. The molecule has 1 N–H and O–H groups in total. The molecule has 0 spiro atoms. The Morgan fingerprint density at radius 2 is 2.05 bits per heavy atom. The summed E-state index contributed by atoms with van der Waals surface area (Å²) < 4.78 is 54.2. The van der Waals surface area contributed by atoms with Crippen LogP contribution in [-0.4, -0.2) is 34.1 Å². The number of rotatable bonds is 5. The lowest BCUT2D eigenvalue weighted by molar-refractivity contribution is 0.0900. The summed E-state index contributed by atoms with van der Waals surface area (Å²) in [6, 6.07) is 0.536. The van der Waals surface area contributed by atoms with Crippen molar-refractivity contribution in [2.75, 3.05) is 13.7 Å². The van der Waals surface area contributed by atoms with E-state index in [-0.39, 0.29) is 6.61 Å². The van der Waals surface area contributed by atoms with Gasteiger partial charge < -0.3 is 10.1 Å². The topological polar surface area (TPSA) is 72.5 Å². The van der Waals surface area contributed by atoms with Crippen LogP contribution < -0.4 is 5.32 Å². The van der Waals surface area contributed by atoms with E-state index in [0.717, 1.165) is 0 Å². The summed E-state index contributed by atoms with van der Waals surface area (Å²) in [6.45, 7) is 1.74. The van der Waals surface area contributed by atoms with Gasteiger partial charge in [0.05, 0.1) is 12.2 Å². The number of carbonyl (C=O) groups is 1. The van der Waals surface area contributed by atoms with Crippen LogP contribution in [-0.2, 0) is 13.8 Å². The van der Waals surface area contributed by atoms with E-state index < -0.39 is 43.1 Å². The molecule has 1 aromatic rings. The number of ether oxygens (including phenoxy) is 1. The molecule has 0 heterocycles. The van der Waals surface area contributed by atoms with Gasteiger partial charge in [0.15, 0.2) is 5.82 Å². The van der Waals surface area contributed by atoms with Crippen molar-refractivity contribution in [3.63, 3.8) is 0 Å². The van der Waals surface area contributed by atoms with Gasteiger partial charge in [-0.2, -0.15) is 0 Å². The molecule has 0 saturated carbocycles. The number of amides is 1. The van der Waals surface area contributed by atoms with Crippen LogP contribution in [0.3, 0.4) is 0 Å². The molecule has 0 aliphatic rings. The Kier molecular flexibility index (Phi) is 5.43. The minimum absolute atomic E-state index is 0.156. The summed E-state index contributed by atoms with van der Waals surface area (Å²) in [4.78, 5) is 10.7. The maximum absolute atomic E-state index is 13.9. The first-order chi connectivity index (χ1) is 9.16. The lowest BCUT2D eigenvalue weighted by Gasteiger charge is -2.13. The van der Waals surface area contributed by atoms with Crippen LogP contribution in [0.4, 0.5) is 8.78 Å². The maximum atomic E-state index is 13.9. The Morgan fingerprint density at radius 1 is 1.45 bits per heavy atom. The Labute approximate surface area is 119 Å². The molecule has 0 fully saturated rings. The van der Waals surface area contributed by atoms with Crippen LogP contribution in [0.15, 0.2) is 17.0 Å². The van der Waals surface area contributed by atoms with E-state index in [2.05, 4.69) is 5.32 Å². The molecule has 0 saturated heterocycles. The van der Waals surface area contributed by atoms with Gasteiger partial charge in [-0.05, 0) is 19.1 Å². The van der Waals surface area contributed by atoms with E-state index in [1.807, 2.05) is 0 Å². The van der Waals surface area contributed by atoms with Gasteiger partial charge >= 0.3 is 0 Å². The summed E-state index contributed by atoms with van der Waals surface area (Å²) in [5.74, 6) is -3.45. The van der Waals surface area contributed by atoms with Crippen molar-refractivity contribution in [1.82, 2.24) is 5.32 Å². The highest BCUT2D eigenvalue weighted by Gasteiger charge is 2.24. The number of hydrogen-bond acceptors (Lipinski definition) is 4. The highest BCUT2D eigenvalue weighted by Crippen LogP contribution is 2.23. The van der Waals surface area contributed by atoms with E-state index in [4.69, 9.17) is 15.4 Å². The predicted molar refractivity (Wildman–Crippen MR) is 68.2 cm³/mol. The zero-order chi connectivity index (χ0) is 15.5. The maximum Gasteiger partial charge on any atom is 0.264 e. The normalized spacial score (nSPS) is 13.1. The molecule has 1 rings (SSSR count). The Bertz CT molecular complexity index is 621. The molecular formula is C11H12ClF2NO4S. The number of carbonyl (C=O) groups excluding carboxylic acids is 1. The fraction of sp³-hybridized carbons (Fsp3) is 0.364. The van der Waals surface area contributed by atoms with Crippen LogP contribution >= 0.6 is 10.7 Å². The van der Waals surface area contributed by atoms with Crippen molar-refractivity contribution in [3.8, 4) is 0 Å². The monoisotopic (exact) mass is 327 g/mol. The van der Waals surface area contributed by atoms with Crippen LogP contribution in [0.25, 0.3) is 0 Å². The molecule has 5 nitrogen and oxygen atoms in total. The van der Waals surface area contributed by atoms with Crippen LogP contribution in [0, 0.1) is 11.6 Å². The molecule has 0 radical (unpaired) electrons. The molecule has 1 atom stereocenters. The van der Waals surface area contributed by atoms with Crippen LogP contribution in [0.2, 0.25) is 0 Å². The van der Waals surface area contributed by atoms with E-state index >= 15 is 0 Å². The van der Waals surface area contributed by atoms with Gasteiger partial charge in [0.25, 0.3) is 15.0 Å². The molecule has 1 amide bonds. The second kappa shape index (κ2) is 6.47. The van der Waals surface area contributed by atoms with Gasteiger partial charge in [-0.15, -0.1) is 0 Å². The quantitative estimate of drug-likeness (QED) is 0.835. The summed E-state index contributed by atoms with van der Waals surface area (Å²) in [6.07, 6.45) is 0. The first-order valence-corrected chi connectivity index (χ1v) is 7.71. The Balaban J connectivity index is 3.19. The van der Waals surface area contributed by atoms with Crippen molar-refractivity contribution < 1.29 is 26.7 Å². The van der Waals surface area contributed by atoms with Gasteiger partial charge in [-0.25, -0.2) is 17.2 Å². The fourth-order valence-electron chi connectivity index (χ4n) is 1.50. The van der Waals surface area contributed by atoms with Crippen molar-refractivity contribution in [2.24, 2.45) is 0 Å². The van der Waals surface area contributed by atoms with Crippen molar-refractivity contribution in [1.29, 1.82) is 0 Å². The van der Waals surface area contributed by atoms with Gasteiger partial charge in [0, 0.05) is 23.8 Å². The number of nitrogens with one attached hydrogen (secondary N) is 1. The van der Waals surface area contributed by atoms with Crippen LogP contribution in [0.1, 0.15) is 17.3 Å². The van der Waals surface area contributed by atoms with Gasteiger partial charge in [0.1, 0.15) is 10.7 Å². The van der Waals surface area contributed by atoms with E-state index in [1.54, 1.807) is 6.92 Å². The van der Waals surface area contributed by atoms with Gasteiger partial charge in [0.2, 0.25) is 0 Å². The van der Waals surface area contributed by atoms with Crippen molar-refractivity contribution in [3.05, 3.63) is 29.3 Å². The van der Waals surface area contributed by atoms with Gasteiger partial charge in [-0.3, -0.25) is 4.79 Å². The molecule has 112 valence electrons. The number of halogens is 3. The largest absolute Gasteiger partial charge is 0.383 e. The molecule has 0 aliphatic heterocycles. The predicted octanol–water partition coefficient (Wildman–Crippen LogP) is 1.66. The smallest absolute Gasteiger partial charge is 0.264 e. The average Bonchev–Trinajstić information content (AvgIpc) is 2.30. The zero-order valence-electron chi connectivity index (χ0n) is 10.6. The second-order valence-electron chi connectivity index (χ2n) is 4.03. The van der Waals surface area contributed by atoms with Crippen molar-refractivity contribution in [2.45, 2.75) is 17.9 Å². The second-order valence-corrected chi connectivity index (χ2v) is 6.57. The summed E-state index contributed by atoms with van der Waals surface area (Å²) in [7, 11) is 1.89. The number of hydrogen-bond donors (Lipinski definition) is 1. The third-order valence-electron chi connectivity index (χ3n) is 2.31. The van der Waals surface area contributed by atoms with E-state index in [9.17, 15) is 22.0 Å². The first kappa shape index (κ1) is 16.8. The Morgan fingerprint density at radius 3 is 2.55 bits per heavy atom. The molecule has 9 heteroatoms. The fourth-order valence-corrected chi connectivity index (χ4v) is 2.41. The first-order valence-electron chi connectivity index (χ1n) is 5.40.